The molecule has 0 N–H and O–H groups in total. The fourth-order valence-electron chi connectivity index (χ4n) is 1.20. The lowest BCUT2D eigenvalue weighted by Gasteiger charge is -2.20. The van der Waals surface area contributed by atoms with Crippen molar-refractivity contribution in [2.75, 3.05) is 27.4 Å². The molecule has 2 amide bonds. The van der Waals surface area contributed by atoms with Gasteiger partial charge in [0.1, 0.15) is 0 Å². The van der Waals surface area contributed by atoms with Gasteiger partial charge in [0, 0.05) is 26.4 Å². The Morgan fingerprint density at radius 3 is 2.29 bits per heavy atom. The van der Waals surface area contributed by atoms with Crippen molar-refractivity contribution >= 4 is 11.8 Å². The van der Waals surface area contributed by atoms with Crippen LogP contribution in [0.5, 0.6) is 0 Å². The number of carbonyl (C=O) groups is 2. The monoisotopic (exact) mass is 199 g/mol. The van der Waals surface area contributed by atoms with E-state index in [4.69, 9.17) is 9.47 Å². The third-order valence-electron chi connectivity index (χ3n) is 1.97. The summed E-state index contributed by atoms with van der Waals surface area (Å²) in [6.07, 6.45) is 2.23. The zero-order chi connectivity index (χ0) is 10.6. The van der Waals surface area contributed by atoms with Crippen molar-refractivity contribution in [1.82, 2.24) is 4.90 Å². The van der Waals surface area contributed by atoms with Crippen LogP contribution in [0.2, 0.25) is 0 Å². The molecule has 0 spiro atoms. The summed E-state index contributed by atoms with van der Waals surface area (Å²) in [6, 6.07) is 0. The van der Waals surface area contributed by atoms with Crippen LogP contribution in [0, 0.1) is 0 Å². The first-order valence-corrected chi connectivity index (χ1v) is 4.24. The van der Waals surface area contributed by atoms with E-state index in [9.17, 15) is 9.59 Å². The third kappa shape index (κ3) is 2.40. The maximum Gasteiger partial charge on any atom is 0.253 e. The van der Waals surface area contributed by atoms with Gasteiger partial charge in [-0.25, -0.2) is 0 Å². The Hall–Kier alpha value is -1.20. The highest BCUT2D eigenvalue weighted by atomic mass is 16.5. The maximum absolute atomic E-state index is 11.2. The van der Waals surface area contributed by atoms with E-state index in [2.05, 4.69) is 0 Å². The quantitative estimate of drug-likeness (QED) is 0.564. The Bertz CT molecular complexity index is 244. The summed E-state index contributed by atoms with van der Waals surface area (Å²) in [5.74, 6) is -0.596. The molecule has 0 aromatic carbocycles. The summed E-state index contributed by atoms with van der Waals surface area (Å²) in [4.78, 5) is 23.5. The van der Waals surface area contributed by atoms with E-state index >= 15 is 0 Å². The Morgan fingerprint density at radius 1 is 1.29 bits per heavy atom. The Labute approximate surface area is 82.3 Å². The van der Waals surface area contributed by atoms with E-state index < -0.39 is 0 Å². The average Bonchev–Trinajstić information content (AvgIpc) is 2.48. The average molecular weight is 199 g/mol. The van der Waals surface area contributed by atoms with Crippen molar-refractivity contribution in [1.29, 1.82) is 0 Å². The van der Waals surface area contributed by atoms with Crippen molar-refractivity contribution in [3.8, 4) is 0 Å². The number of ether oxygens (including phenoxy) is 2. The molecule has 1 atom stereocenters. The highest BCUT2D eigenvalue weighted by Gasteiger charge is 2.26. The van der Waals surface area contributed by atoms with Crippen molar-refractivity contribution in [3.05, 3.63) is 12.2 Å². The summed E-state index contributed by atoms with van der Waals surface area (Å²) in [5.41, 5.74) is 0. The van der Waals surface area contributed by atoms with E-state index in [1.165, 1.54) is 26.4 Å². The van der Waals surface area contributed by atoms with E-state index in [0.29, 0.717) is 6.61 Å². The predicted molar refractivity (Wildman–Crippen MR) is 48.5 cm³/mol. The molecule has 1 aliphatic heterocycles. The smallest absolute Gasteiger partial charge is 0.253 e. The van der Waals surface area contributed by atoms with Crippen molar-refractivity contribution < 1.29 is 19.1 Å². The first-order valence-electron chi connectivity index (χ1n) is 4.24. The van der Waals surface area contributed by atoms with Crippen LogP contribution < -0.4 is 0 Å². The molecule has 5 nitrogen and oxygen atoms in total. The molecule has 1 unspecified atom stereocenters. The molecule has 0 saturated heterocycles. The zero-order valence-electron chi connectivity index (χ0n) is 8.23. The largest absolute Gasteiger partial charge is 0.382 e. The standard InChI is InChI=1S/C9H13NO4/c1-13-6-7(14-2)5-10-8(11)3-4-9(10)12/h3-4,7H,5-6H2,1-2H3. The molecule has 0 aromatic rings. The highest BCUT2D eigenvalue weighted by Crippen LogP contribution is 2.05. The molecule has 1 heterocycles. The van der Waals surface area contributed by atoms with Crippen LogP contribution >= 0.6 is 0 Å². The van der Waals surface area contributed by atoms with Crippen LogP contribution in [0.3, 0.4) is 0 Å². The van der Waals surface area contributed by atoms with Gasteiger partial charge in [0.25, 0.3) is 11.8 Å². The topological polar surface area (TPSA) is 55.8 Å². The molecule has 0 radical (unpaired) electrons. The summed E-state index contributed by atoms with van der Waals surface area (Å²) in [5, 5.41) is 0. The van der Waals surface area contributed by atoms with Gasteiger partial charge in [0.05, 0.1) is 19.3 Å². The number of amides is 2. The number of hydrogen-bond acceptors (Lipinski definition) is 4. The van der Waals surface area contributed by atoms with Gasteiger partial charge in [0.15, 0.2) is 0 Å². The van der Waals surface area contributed by atoms with E-state index in [0.717, 1.165) is 4.90 Å². The SMILES string of the molecule is COCC(CN1C(=O)C=CC1=O)OC. The van der Waals surface area contributed by atoms with Crippen molar-refractivity contribution in [3.63, 3.8) is 0 Å². The van der Waals surface area contributed by atoms with Crippen molar-refractivity contribution in [2.24, 2.45) is 0 Å². The zero-order valence-corrected chi connectivity index (χ0v) is 8.23. The van der Waals surface area contributed by atoms with Crippen LogP contribution in [0.1, 0.15) is 0 Å². The molecular weight excluding hydrogens is 186 g/mol. The molecular formula is C9H13NO4. The van der Waals surface area contributed by atoms with Gasteiger partial charge in [-0.2, -0.15) is 0 Å². The van der Waals surface area contributed by atoms with Crippen LogP contribution in [0.15, 0.2) is 12.2 Å². The molecule has 1 aliphatic rings. The molecule has 0 saturated carbocycles. The number of nitrogens with zero attached hydrogens (tertiary/aromatic N) is 1. The summed E-state index contributed by atoms with van der Waals surface area (Å²) >= 11 is 0. The van der Waals surface area contributed by atoms with E-state index in [-0.39, 0.29) is 24.5 Å². The minimum absolute atomic E-state index is 0.231. The van der Waals surface area contributed by atoms with Crippen LogP contribution in [0.25, 0.3) is 0 Å². The molecule has 0 aromatic heterocycles. The van der Waals surface area contributed by atoms with Gasteiger partial charge in [-0.1, -0.05) is 0 Å². The van der Waals surface area contributed by atoms with Gasteiger partial charge in [0.2, 0.25) is 0 Å². The number of carbonyl (C=O) groups excluding carboxylic acids is 2. The van der Waals surface area contributed by atoms with Crippen LogP contribution in [0.4, 0.5) is 0 Å². The second kappa shape index (κ2) is 4.88. The lowest BCUT2D eigenvalue weighted by molar-refractivity contribution is -0.139. The van der Waals surface area contributed by atoms with Crippen molar-refractivity contribution in [2.45, 2.75) is 6.10 Å². The van der Waals surface area contributed by atoms with Gasteiger partial charge < -0.3 is 9.47 Å². The van der Waals surface area contributed by atoms with E-state index in [1.54, 1.807) is 0 Å². The van der Waals surface area contributed by atoms with Gasteiger partial charge in [-0.3, -0.25) is 14.5 Å². The van der Waals surface area contributed by atoms with E-state index in [1.807, 2.05) is 0 Å². The lowest BCUT2D eigenvalue weighted by atomic mass is 10.3. The number of hydrogen-bond donors (Lipinski definition) is 0. The predicted octanol–water partition coefficient (Wildman–Crippen LogP) is -0.427. The maximum atomic E-state index is 11.2. The molecule has 5 heteroatoms. The second-order valence-electron chi connectivity index (χ2n) is 2.93. The summed E-state index contributed by atoms with van der Waals surface area (Å²) < 4.78 is 9.93. The molecule has 78 valence electrons. The number of methoxy groups -OCH3 is 2. The third-order valence-corrected chi connectivity index (χ3v) is 1.97. The van der Waals surface area contributed by atoms with Crippen LogP contribution in [-0.2, 0) is 19.1 Å². The minimum atomic E-state index is -0.298. The summed E-state index contributed by atoms with van der Waals surface area (Å²) in [7, 11) is 3.06. The van der Waals surface area contributed by atoms with Gasteiger partial charge in [-0.15, -0.1) is 0 Å². The van der Waals surface area contributed by atoms with Crippen LogP contribution in [-0.4, -0.2) is 50.2 Å². The fourth-order valence-corrected chi connectivity index (χ4v) is 1.20. The molecule has 0 fully saturated rings. The molecule has 0 bridgehead atoms. The molecule has 14 heavy (non-hydrogen) atoms. The number of imide groups is 1. The van der Waals surface area contributed by atoms with Gasteiger partial charge in [-0.05, 0) is 0 Å². The fraction of sp³-hybridized carbons (Fsp3) is 0.556. The highest BCUT2D eigenvalue weighted by molar-refractivity contribution is 6.12. The summed E-state index contributed by atoms with van der Waals surface area (Å²) in [6.45, 7) is 0.586. The minimum Gasteiger partial charge on any atom is -0.382 e. The Kier molecular flexibility index (Phi) is 3.79. The van der Waals surface area contributed by atoms with Gasteiger partial charge >= 0.3 is 0 Å². The second-order valence-corrected chi connectivity index (χ2v) is 2.93. The Balaban J connectivity index is 2.50. The first kappa shape index (κ1) is 10.9. The lowest BCUT2D eigenvalue weighted by Crippen LogP contribution is -2.39. The molecule has 0 aliphatic carbocycles. The Morgan fingerprint density at radius 2 is 1.86 bits per heavy atom. The number of rotatable bonds is 5. The first-order chi connectivity index (χ1) is 6.69. The normalized spacial score (nSPS) is 18.0. The molecule has 1 rings (SSSR count).